The van der Waals surface area contributed by atoms with Crippen molar-refractivity contribution in [2.45, 2.75) is 25.8 Å². The minimum atomic E-state index is 0.0669. The largest absolute Gasteiger partial charge is 0.395 e. The van der Waals surface area contributed by atoms with Crippen molar-refractivity contribution in [3.05, 3.63) is 0 Å². The molecule has 62 valence electrons. The van der Waals surface area contributed by atoms with Crippen LogP contribution in [0.3, 0.4) is 0 Å². The molecule has 10 heavy (non-hydrogen) atoms. The molecule has 0 aliphatic rings. The standard InChI is InChI=1S/C7H18N2O/c1-7(2,3-4-8)9-5-6-10/h9-10H,3-6,8H2,1-2H3. The number of nitrogens with two attached hydrogens (primary N) is 1. The van der Waals surface area contributed by atoms with E-state index in [1.54, 1.807) is 0 Å². The smallest absolute Gasteiger partial charge is 0.0556 e. The topological polar surface area (TPSA) is 58.3 Å². The number of nitrogens with one attached hydrogen (secondary N) is 1. The quantitative estimate of drug-likeness (QED) is 0.499. The molecule has 0 aliphatic carbocycles. The molecule has 0 aromatic heterocycles. The third-order valence-corrected chi connectivity index (χ3v) is 1.48. The summed E-state index contributed by atoms with van der Waals surface area (Å²) in [6.07, 6.45) is 0.938. The molecule has 0 saturated heterocycles. The predicted octanol–water partition coefficient (Wildman–Crippen LogP) is -0.304. The minimum Gasteiger partial charge on any atom is -0.395 e. The summed E-state index contributed by atoms with van der Waals surface area (Å²) in [5.74, 6) is 0. The molecule has 0 amide bonds. The van der Waals surface area contributed by atoms with Gasteiger partial charge in [-0.15, -0.1) is 0 Å². The maximum Gasteiger partial charge on any atom is 0.0556 e. The molecule has 0 aliphatic heterocycles. The van der Waals surface area contributed by atoms with Gasteiger partial charge in [0.15, 0.2) is 0 Å². The summed E-state index contributed by atoms with van der Waals surface area (Å²) in [6, 6.07) is 0. The Morgan fingerprint density at radius 1 is 1.50 bits per heavy atom. The van der Waals surface area contributed by atoms with Crippen LogP contribution in [-0.2, 0) is 0 Å². The number of aliphatic hydroxyl groups is 1. The Morgan fingerprint density at radius 2 is 2.10 bits per heavy atom. The first-order valence-electron chi connectivity index (χ1n) is 3.68. The highest BCUT2D eigenvalue weighted by atomic mass is 16.3. The maximum absolute atomic E-state index is 8.50. The SMILES string of the molecule is CC(C)(CCN)NCCO. The lowest BCUT2D eigenvalue weighted by Crippen LogP contribution is -2.42. The van der Waals surface area contributed by atoms with Crippen LogP contribution in [0.4, 0.5) is 0 Å². The minimum absolute atomic E-state index is 0.0669. The molecule has 0 heterocycles. The van der Waals surface area contributed by atoms with E-state index in [9.17, 15) is 0 Å². The lowest BCUT2D eigenvalue weighted by atomic mass is 10.0. The van der Waals surface area contributed by atoms with Crippen LogP contribution in [0.1, 0.15) is 20.3 Å². The average molecular weight is 146 g/mol. The van der Waals surface area contributed by atoms with Crippen LogP contribution >= 0.6 is 0 Å². The van der Waals surface area contributed by atoms with E-state index in [1.807, 2.05) is 0 Å². The summed E-state index contributed by atoms with van der Waals surface area (Å²) in [6.45, 7) is 5.68. The molecular formula is C7H18N2O. The first kappa shape index (κ1) is 9.88. The van der Waals surface area contributed by atoms with Crippen molar-refractivity contribution < 1.29 is 5.11 Å². The molecule has 3 heteroatoms. The molecule has 0 rings (SSSR count). The van der Waals surface area contributed by atoms with Gasteiger partial charge in [-0.2, -0.15) is 0 Å². The molecule has 0 aromatic rings. The Balaban J connectivity index is 3.42. The van der Waals surface area contributed by atoms with E-state index in [-0.39, 0.29) is 12.1 Å². The van der Waals surface area contributed by atoms with Crippen molar-refractivity contribution in [1.29, 1.82) is 0 Å². The van der Waals surface area contributed by atoms with E-state index in [4.69, 9.17) is 10.8 Å². The molecule has 0 aromatic carbocycles. The summed E-state index contributed by atoms with van der Waals surface area (Å²) in [4.78, 5) is 0. The van der Waals surface area contributed by atoms with Gasteiger partial charge in [-0.05, 0) is 26.8 Å². The summed E-state index contributed by atoms with van der Waals surface area (Å²) in [5.41, 5.74) is 5.45. The number of hydrogen-bond donors (Lipinski definition) is 3. The van der Waals surface area contributed by atoms with E-state index in [1.165, 1.54) is 0 Å². The number of aliphatic hydroxyl groups excluding tert-OH is 1. The fourth-order valence-electron chi connectivity index (χ4n) is 0.844. The first-order chi connectivity index (χ1) is 4.62. The normalized spacial score (nSPS) is 12.0. The second kappa shape index (κ2) is 4.66. The van der Waals surface area contributed by atoms with Crippen LogP contribution in [0, 0.1) is 0 Å². The van der Waals surface area contributed by atoms with Crippen molar-refractivity contribution in [2.24, 2.45) is 5.73 Å². The average Bonchev–Trinajstić information content (AvgIpc) is 1.84. The van der Waals surface area contributed by atoms with Crippen LogP contribution in [0.25, 0.3) is 0 Å². The zero-order valence-corrected chi connectivity index (χ0v) is 6.85. The molecule has 0 atom stereocenters. The highest BCUT2D eigenvalue weighted by Crippen LogP contribution is 2.04. The Labute approximate surface area is 62.6 Å². The highest BCUT2D eigenvalue weighted by Gasteiger charge is 2.13. The van der Waals surface area contributed by atoms with Gasteiger partial charge in [0.2, 0.25) is 0 Å². The molecule has 0 fully saturated rings. The van der Waals surface area contributed by atoms with Crippen LogP contribution in [0.5, 0.6) is 0 Å². The molecule has 0 spiro atoms. The third kappa shape index (κ3) is 4.73. The van der Waals surface area contributed by atoms with Crippen molar-refractivity contribution in [3.63, 3.8) is 0 Å². The van der Waals surface area contributed by atoms with Gasteiger partial charge in [-0.1, -0.05) is 0 Å². The van der Waals surface area contributed by atoms with Gasteiger partial charge in [-0.3, -0.25) is 0 Å². The highest BCUT2D eigenvalue weighted by molar-refractivity contribution is 4.76. The fraction of sp³-hybridized carbons (Fsp3) is 1.00. The first-order valence-corrected chi connectivity index (χ1v) is 3.68. The summed E-state index contributed by atoms with van der Waals surface area (Å²) in [5, 5.41) is 11.7. The monoisotopic (exact) mass is 146 g/mol. The fourth-order valence-corrected chi connectivity index (χ4v) is 0.844. The summed E-state index contributed by atoms with van der Waals surface area (Å²) < 4.78 is 0. The van der Waals surface area contributed by atoms with Crippen molar-refractivity contribution in [2.75, 3.05) is 19.7 Å². The van der Waals surface area contributed by atoms with Crippen molar-refractivity contribution in [3.8, 4) is 0 Å². The number of hydrogen-bond acceptors (Lipinski definition) is 3. The van der Waals surface area contributed by atoms with Gasteiger partial charge in [-0.25, -0.2) is 0 Å². The van der Waals surface area contributed by atoms with Crippen LogP contribution in [0.15, 0.2) is 0 Å². The molecule has 4 N–H and O–H groups in total. The van der Waals surface area contributed by atoms with Gasteiger partial charge >= 0.3 is 0 Å². The van der Waals surface area contributed by atoms with Gasteiger partial charge in [0.05, 0.1) is 6.61 Å². The zero-order chi connectivity index (χ0) is 8.04. The van der Waals surface area contributed by atoms with E-state index in [0.29, 0.717) is 13.1 Å². The van der Waals surface area contributed by atoms with Crippen LogP contribution in [0.2, 0.25) is 0 Å². The van der Waals surface area contributed by atoms with Crippen molar-refractivity contribution in [1.82, 2.24) is 5.32 Å². The van der Waals surface area contributed by atoms with Gasteiger partial charge in [0, 0.05) is 12.1 Å². The molecule has 3 nitrogen and oxygen atoms in total. The summed E-state index contributed by atoms with van der Waals surface area (Å²) >= 11 is 0. The van der Waals surface area contributed by atoms with Crippen molar-refractivity contribution >= 4 is 0 Å². The Hall–Kier alpha value is -0.120. The van der Waals surface area contributed by atoms with E-state index >= 15 is 0 Å². The lowest BCUT2D eigenvalue weighted by molar-refractivity contribution is 0.262. The molecule has 0 saturated carbocycles. The van der Waals surface area contributed by atoms with Gasteiger partial charge in [0.25, 0.3) is 0 Å². The third-order valence-electron chi connectivity index (χ3n) is 1.48. The number of β-amino-alcohol motifs (C(OH)–C–C–N with tert-alkyl or cyclic N) is 1. The molecular weight excluding hydrogens is 128 g/mol. The van der Waals surface area contributed by atoms with E-state index < -0.39 is 0 Å². The van der Waals surface area contributed by atoms with Gasteiger partial charge < -0.3 is 16.2 Å². The van der Waals surface area contributed by atoms with Crippen LogP contribution < -0.4 is 11.1 Å². The van der Waals surface area contributed by atoms with Crippen LogP contribution in [-0.4, -0.2) is 30.3 Å². The Morgan fingerprint density at radius 3 is 2.50 bits per heavy atom. The van der Waals surface area contributed by atoms with E-state index in [0.717, 1.165) is 6.42 Å². The second-order valence-electron chi connectivity index (χ2n) is 3.07. The predicted molar refractivity (Wildman–Crippen MR) is 42.8 cm³/mol. The molecule has 0 unspecified atom stereocenters. The maximum atomic E-state index is 8.50. The zero-order valence-electron chi connectivity index (χ0n) is 6.85. The van der Waals surface area contributed by atoms with Gasteiger partial charge in [0.1, 0.15) is 0 Å². The lowest BCUT2D eigenvalue weighted by Gasteiger charge is -2.25. The second-order valence-corrected chi connectivity index (χ2v) is 3.07. The Kier molecular flexibility index (Phi) is 4.60. The number of rotatable bonds is 5. The van der Waals surface area contributed by atoms with E-state index in [2.05, 4.69) is 19.2 Å². The Bertz CT molecular complexity index is 83.7. The summed E-state index contributed by atoms with van der Waals surface area (Å²) in [7, 11) is 0. The molecule has 0 bridgehead atoms. The molecule has 0 radical (unpaired) electrons.